The van der Waals surface area contributed by atoms with Crippen molar-refractivity contribution in [1.82, 2.24) is 10.3 Å². The Labute approximate surface area is 96.8 Å². The van der Waals surface area contributed by atoms with Crippen molar-refractivity contribution in [2.75, 3.05) is 4.55 Å². The molecule has 0 aliphatic rings. The van der Waals surface area contributed by atoms with Gasteiger partial charge in [-0.25, -0.2) is 4.98 Å². The third kappa shape index (κ3) is 3.25. The minimum atomic E-state index is -0.0445. The zero-order valence-electron chi connectivity index (χ0n) is 6.01. The van der Waals surface area contributed by atoms with Gasteiger partial charge in [0.25, 0.3) is 3.90 Å². The highest BCUT2D eigenvalue weighted by Crippen LogP contribution is 2.06. The van der Waals surface area contributed by atoms with Gasteiger partial charge in [0.2, 0.25) is 5.91 Å². The van der Waals surface area contributed by atoms with Crippen LogP contribution >= 0.6 is 45.2 Å². The fourth-order valence-electron chi connectivity index (χ4n) is 0.661. The Balaban J connectivity index is 2.46. The molecule has 6 heteroatoms. The summed E-state index contributed by atoms with van der Waals surface area (Å²) in [6, 6.07) is 0. The number of oxazole rings is 1. The van der Waals surface area contributed by atoms with E-state index in [1.165, 1.54) is 0 Å². The van der Waals surface area contributed by atoms with Crippen LogP contribution in [0.3, 0.4) is 0 Å². The number of nitrogens with zero attached hydrogens (tertiary/aromatic N) is 1. The third-order valence-electron chi connectivity index (χ3n) is 1.12. The topological polar surface area (TPSA) is 55.1 Å². The Morgan fingerprint density at radius 3 is 3.00 bits per heavy atom. The molecule has 0 aliphatic carbocycles. The number of alkyl halides is 1. The van der Waals surface area contributed by atoms with E-state index < -0.39 is 0 Å². The molecule has 0 unspecified atom stereocenters. The second kappa shape index (κ2) is 5.00. The second-order valence-electron chi connectivity index (χ2n) is 1.99. The molecule has 0 aromatic carbocycles. The monoisotopic (exact) mass is 392 g/mol. The van der Waals surface area contributed by atoms with E-state index in [0.29, 0.717) is 14.2 Å². The zero-order valence-corrected chi connectivity index (χ0v) is 10.3. The van der Waals surface area contributed by atoms with E-state index in [9.17, 15) is 4.79 Å². The van der Waals surface area contributed by atoms with Crippen LogP contribution in [0.1, 0.15) is 5.76 Å². The third-order valence-corrected chi connectivity index (χ3v) is 2.00. The van der Waals surface area contributed by atoms with Crippen LogP contribution in [0.2, 0.25) is 0 Å². The first-order valence-corrected chi connectivity index (χ1v) is 5.75. The van der Waals surface area contributed by atoms with E-state index in [1.54, 1.807) is 6.20 Å². The molecule has 0 saturated carbocycles. The highest BCUT2D eigenvalue weighted by molar-refractivity contribution is 14.1. The van der Waals surface area contributed by atoms with Gasteiger partial charge in [0.15, 0.2) is 0 Å². The van der Waals surface area contributed by atoms with Crippen molar-refractivity contribution in [2.45, 2.75) is 6.42 Å². The van der Waals surface area contributed by atoms with E-state index in [1.807, 2.05) is 22.6 Å². The van der Waals surface area contributed by atoms with Crippen molar-refractivity contribution in [2.24, 2.45) is 0 Å². The van der Waals surface area contributed by atoms with Crippen molar-refractivity contribution in [1.29, 1.82) is 0 Å². The van der Waals surface area contributed by atoms with Crippen molar-refractivity contribution in [3.05, 3.63) is 15.9 Å². The molecular weight excluding hydrogens is 386 g/mol. The lowest BCUT2D eigenvalue weighted by molar-refractivity contribution is -0.120. The van der Waals surface area contributed by atoms with Crippen molar-refractivity contribution >= 4 is 51.1 Å². The highest BCUT2D eigenvalue weighted by atomic mass is 127. The quantitative estimate of drug-likeness (QED) is 0.480. The van der Waals surface area contributed by atoms with Crippen LogP contribution in [0.15, 0.2) is 10.6 Å². The molecular formula is C6H6I2N2O2. The zero-order chi connectivity index (χ0) is 8.97. The highest BCUT2D eigenvalue weighted by Gasteiger charge is 2.06. The van der Waals surface area contributed by atoms with E-state index in [0.717, 1.165) is 0 Å². The van der Waals surface area contributed by atoms with E-state index in [2.05, 4.69) is 32.9 Å². The average molecular weight is 392 g/mol. The number of aromatic nitrogens is 1. The summed E-state index contributed by atoms with van der Waals surface area (Å²) >= 11 is 4.03. The predicted molar refractivity (Wildman–Crippen MR) is 60.0 cm³/mol. The maximum Gasteiger partial charge on any atom is 0.257 e. The Morgan fingerprint density at radius 1 is 1.75 bits per heavy atom. The van der Waals surface area contributed by atoms with Gasteiger partial charge in [0.1, 0.15) is 5.76 Å². The lowest BCUT2D eigenvalue weighted by atomic mass is 10.3. The van der Waals surface area contributed by atoms with Gasteiger partial charge in [0, 0.05) is 22.6 Å². The first-order chi connectivity index (χ1) is 5.72. The first kappa shape index (κ1) is 10.2. The fraction of sp³-hybridized carbons (Fsp3) is 0.333. The lowest BCUT2D eigenvalue weighted by Crippen LogP contribution is -2.22. The minimum absolute atomic E-state index is 0.0445. The van der Waals surface area contributed by atoms with Gasteiger partial charge in [0.05, 0.1) is 17.2 Å². The molecule has 0 saturated heterocycles. The summed E-state index contributed by atoms with van der Waals surface area (Å²) in [6.45, 7) is 0. The molecule has 0 radical (unpaired) electrons. The maximum atomic E-state index is 11.0. The molecule has 1 rings (SSSR count). The van der Waals surface area contributed by atoms with Crippen LogP contribution in [0.5, 0.6) is 0 Å². The SMILES string of the molecule is O=C(Cc1cnc(I)o1)NCI. The predicted octanol–water partition coefficient (Wildman–Crippen LogP) is 1.33. The van der Waals surface area contributed by atoms with Crippen LogP contribution in [0.25, 0.3) is 0 Å². The Hall–Kier alpha value is 0.140. The van der Waals surface area contributed by atoms with Crippen LogP contribution in [0.4, 0.5) is 0 Å². The van der Waals surface area contributed by atoms with Crippen LogP contribution in [0, 0.1) is 3.90 Å². The van der Waals surface area contributed by atoms with Crippen LogP contribution in [-0.2, 0) is 11.2 Å². The molecule has 66 valence electrons. The fourth-order valence-corrected chi connectivity index (χ4v) is 1.51. The van der Waals surface area contributed by atoms with E-state index in [-0.39, 0.29) is 12.3 Å². The summed E-state index contributed by atoms with van der Waals surface area (Å²) in [6.07, 6.45) is 1.83. The van der Waals surface area contributed by atoms with Crippen molar-refractivity contribution in [3.8, 4) is 0 Å². The molecule has 0 atom stereocenters. The van der Waals surface area contributed by atoms with Gasteiger partial charge in [-0.2, -0.15) is 0 Å². The Kier molecular flexibility index (Phi) is 4.26. The number of hydrogen-bond acceptors (Lipinski definition) is 3. The lowest BCUT2D eigenvalue weighted by Gasteiger charge is -1.96. The van der Waals surface area contributed by atoms with E-state index in [4.69, 9.17) is 4.42 Å². The number of halogens is 2. The molecule has 0 fully saturated rings. The van der Waals surface area contributed by atoms with Gasteiger partial charge in [-0.3, -0.25) is 4.79 Å². The standard InChI is InChI=1S/C6H6I2N2O2/c7-3-10-5(11)1-4-2-9-6(8)12-4/h2H,1,3H2,(H,10,11). The second-order valence-corrected chi connectivity index (χ2v) is 3.68. The maximum absolute atomic E-state index is 11.0. The largest absolute Gasteiger partial charge is 0.437 e. The number of rotatable bonds is 3. The number of carbonyl (C=O) groups is 1. The van der Waals surface area contributed by atoms with Gasteiger partial charge in [-0.1, -0.05) is 22.6 Å². The van der Waals surface area contributed by atoms with E-state index >= 15 is 0 Å². The van der Waals surface area contributed by atoms with Gasteiger partial charge in [-0.05, 0) is 0 Å². The molecule has 1 heterocycles. The van der Waals surface area contributed by atoms with Crippen LogP contribution in [-0.4, -0.2) is 15.4 Å². The summed E-state index contributed by atoms with van der Waals surface area (Å²) in [5, 5.41) is 2.66. The summed E-state index contributed by atoms with van der Waals surface area (Å²) in [7, 11) is 0. The molecule has 0 aliphatic heterocycles. The van der Waals surface area contributed by atoms with Crippen LogP contribution < -0.4 is 5.32 Å². The normalized spacial score (nSPS) is 9.83. The number of nitrogens with one attached hydrogen (secondary N) is 1. The summed E-state index contributed by atoms with van der Waals surface area (Å²) < 4.78 is 6.29. The summed E-state index contributed by atoms with van der Waals surface area (Å²) in [5.41, 5.74) is 0. The molecule has 1 amide bonds. The molecule has 1 aromatic heterocycles. The van der Waals surface area contributed by atoms with Crippen molar-refractivity contribution in [3.63, 3.8) is 0 Å². The Bertz CT molecular complexity index is 274. The Morgan fingerprint density at radius 2 is 2.50 bits per heavy atom. The number of hydrogen-bond donors (Lipinski definition) is 1. The molecule has 4 nitrogen and oxygen atoms in total. The molecule has 0 spiro atoms. The van der Waals surface area contributed by atoms with Gasteiger partial charge >= 0.3 is 0 Å². The number of carbonyl (C=O) groups excluding carboxylic acids is 1. The van der Waals surface area contributed by atoms with Crippen molar-refractivity contribution < 1.29 is 9.21 Å². The summed E-state index contributed by atoms with van der Waals surface area (Å²) in [5.74, 6) is 0.554. The number of amides is 1. The minimum Gasteiger partial charge on any atom is -0.437 e. The van der Waals surface area contributed by atoms with Gasteiger partial charge < -0.3 is 9.73 Å². The molecule has 0 bridgehead atoms. The smallest absolute Gasteiger partial charge is 0.257 e. The average Bonchev–Trinajstić information content (AvgIpc) is 2.36. The molecule has 1 aromatic rings. The first-order valence-electron chi connectivity index (χ1n) is 3.15. The molecule has 1 N–H and O–H groups in total. The van der Waals surface area contributed by atoms with Gasteiger partial charge in [-0.15, -0.1) is 0 Å². The summed E-state index contributed by atoms with van der Waals surface area (Å²) in [4.78, 5) is 14.9. The molecule has 12 heavy (non-hydrogen) atoms.